The van der Waals surface area contributed by atoms with E-state index in [0.29, 0.717) is 22.4 Å². The van der Waals surface area contributed by atoms with Crippen molar-refractivity contribution in [2.45, 2.75) is 13.0 Å². The third-order valence-electron chi connectivity index (χ3n) is 6.50. The van der Waals surface area contributed by atoms with Crippen LogP contribution in [-0.4, -0.2) is 35.3 Å². The molecular weight excluding hydrogens is 507 g/mol. The molecular formula is C30H23FN8O. The van der Waals surface area contributed by atoms with Crippen LogP contribution in [0.15, 0.2) is 79.4 Å². The Morgan fingerprint density at radius 3 is 2.73 bits per heavy atom. The van der Waals surface area contributed by atoms with Crippen LogP contribution in [0.3, 0.4) is 0 Å². The van der Waals surface area contributed by atoms with Crippen molar-refractivity contribution in [1.29, 1.82) is 0 Å². The smallest absolute Gasteiger partial charge is 0.259 e. The number of aryl methyl sites for hydroxylation is 1. The summed E-state index contributed by atoms with van der Waals surface area (Å²) in [5.41, 5.74) is 10.9. The molecule has 2 aromatic carbocycles. The third kappa shape index (κ3) is 4.61. The van der Waals surface area contributed by atoms with E-state index in [-0.39, 0.29) is 17.2 Å². The van der Waals surface area contributed by atoms with E-state index in [1.165, 1.54) is 16.6 Å². The fourth-order valence-corrected chi connectivity index (χ4v) is 4.58. The minimum atomic E-state index is -0.493. The SMILES string of the molecule is C[C@@H](NC(=O)c1c(N)nn2cccnc12)c1cc2cccc(C#Cc3cnn(C)c3)c2nc1-c1ccc(F)cc1. The van der Waals surface area contributed by atoms with Gasteiger partial charge in [0.25, 0.3) is 5.91 Å². The number of nitrogens with one attached hydrogen (secondary N) is 1. The molecule has 0 bridgehead atoms. The van der Waals surface area contributed by atoms with E-state index in [4.69, 9.17) is 10.7 Å². The van der Waals surface area contributed by atoms with Crippen LogP contribution >= 0.6 is 0 Å². The lowest BCUT2D eigenvalue weighted by atomic mass is 9.97. The van der Waals surface area contributed by atoms with Crippen LogP contribution in [-0.2, 0) is 7.05 Å². The summed E-state index contributed by atoms with van der Waals surface area (Å²) >= 11 is 0. The Kier molecular flexibility index (Phi) is 6.16. The summed E-state index contributed by atoms with van der Waals surface area (Å²) in [7, 11) is 1.83. The maximum absolute atomic E-state index is 13.8. The number of benzene rings is 2. The lowest BCUT2D eigenvalue weighted by Gasteiger charge is -2.19. The van der Waals surface area contributed by atoms with Crippen LogP contribution in [0.5, 0.6) is 0 Å². The minimum absolute atomic E-state index is 0.0793. The monoisotopic (exact) mass is 530 g/mol. The standard InChI is InChI=1S/C30H23FN8O/c1-18(35-30(40)25-28(32)37-39-14-4-13-33-29(25)39)24-15-22-6-3-5-20(8-7-19-16-34-38(2)17-19)26(22)36-27(24)21-9-11-23(31)12-10-21/h3-6,9-18H,1-2H3,(H2,32,37)(H,35,40)/t18-/m1/s1. The molecule has 0 fully saturated rings. The lowest BCUT2D eigenvalue weighted by Crippen LogP contribution is -2.28. The Bertz CT molecular complexity index is 1960. The molecule has 0 saturated heterocycles. The van der Waals surface area contributed by atoms with Crippen molar-refractivity contribution in [3.8, 4) is 23.1 Å². The normalized spacial score (nSPS) is 11.8. The van der Waals surface area contributed by atoms with Gasteiger partial charge >= 0.3 is 0 Å². The van der Waals surface area contributed by atoms with Crippen molar-refractivity contribution in [2.75, 3.05) is 5.73 Å². The number of hydrogen-bond acceptors (Lipinski definition) is 6. The third-order valence-corrected chi connectivity index (χ3v) is 6.50. The number of nitrogens with zero attached hydrogens (tertiary/aromatic N) is 6. The molecule has 1 amide bonds. The average Bonchev–Trinajstić information content (AvgIpc) is 3.52. The van der Waals surface area contributed by atoms with Crippen molar-refractivity contribution in [3.63, 3.8) is 0 Å². The zero-order valence-electron chi connectivity index (χ0n) is 21.6. The molecule has 0 aliphatic carbocycles. The first-order chi connectivity index (χ1) is 19.4. The zero-order chi connectivity index (χ0) is 27.8. The number of carbonyl (C=O) groups excluding carboxylic acids is 1. The Morgan fingerprint density at radius 2 is 1.95 bits per heavy atom. The molecule has 0 aliphatic heterocycles. The summed E-state index contributed by atoms with van der Waals surface area (Å²) in [5.74, 6) is 5.64. The second-order valence-electron chi connectivity index (χ2n) is 9.31. The van der Waals surface area contributed by atoms with Gasteiger partial charge in [-0.05, 0) is 49.4 Å². The number of carbonyl (C=O) groups is 1. The summed E-state index contributed by atoms with van der Waals surface area (Å²) in [5, 5.41) is 12.2. The number of nitrogen functional groups attached to an aromatic ring is 1. The highest BCUT2D eigenvalue weighted by molar-refractivity contribution is 6.04. The topological polar surface area (TPSA) is 116 Å². The highest BCUT2D eigenvalue weighted by Crippen LogP contribution is 2.32. The number of fused-ring (bicyclic) bond motifs is 2. The fourth-order valence-electron chi connectivity index (χ4n) is 4.58. The van der Waals surface area contributed by atoms with Gasteiger partial charge in [0.15, 0.2) is 11.5 Å². The number of pyridine rings is 1. The van der Waals surface area contributed by atoms with Crippen molar-refractivity contribution in [1.82, 2.24) is 34.7 Å². The maximum Gasteiger partial charge on any atom is 0.259 e. The first-order valence-corrected chi connectivity index (χ1v) is 12.5. The molecule has 1 atom stereocenters. The van der Waals surface area contributed by atoms with Crippen LogP contribution in [0.4, 0.5) is 10.2 Å². The van der Waals surface area contributed by atoms with Gasteiger partial charge in [-0.2, -0.15) is 5.10 Å². The summed E-state index contributed by atoms with van der Waals surface area (Å²) < 4.78 is 17.0. The van der Waals surface area contributed by atoms with Gasteiger partial charge in [0, 0.05) is 42.2 Å². The molecule has 196 valence electrons. The molecule has 6 rings (SSSR count). The molecule has 6 aromatic rings. The quantitative estimate of drug-likeness (QED) is 0.329. The Morgan fingerprint density at radius 1 is 1.12 bits per heavy atom. The average molecular weight is 531 g/mol. The number of rotatable bonds is 4. The molecule has 0 unspecified atom stereocenters. The van der Waals surface area contributed by atoms with E-state index < -0.39 is 11.9 Å². The predicted octanol–water partition coefficient (Wildman–Crippen LogP) is 4.29. The van der Waals surface area contributed by atoms with Gasteiger partial charge in [-0.1, -0.05) is 24.0 Å². The summed E-state index contributed by atoms with van der Waals surface area (Å²) in [4.78, 5) is 22.6. The van der Waals surface area contributed by atoms with Gasteiger partial charge in [0.05, 0.1) is 34.6 Å². The Balaban J connectivity index is 1.44. The summed E-state index contributed by atoms with van der Waals surface area (Å²) in [6.45, 7) is 1.86. The van der Waals surface area contributed by atoms with Crippen molar-refractivity contribution >= 4 is 28.3 Å². The molecule has 0 radical (unpaired) electrons. The fraction of sp³-hybridized carbons (Fsp3) is 0.100. The van der Waals surface area contributed by atoms with Crippen molar-refractivity contribution < 1.29 is 9.18 Å². The first-order valence-electron chi connectivity index (χ1n) is 12.5. The van der Waals surface area contributed by atoms with Gasteiger partial charge in [0.1, 0.15) is 11.4 Å². The van der Waals surface area contributed by atoms with E-state index in [1.54, 1.807) is 41.5 Å². The molecule has 40 heavy (non-hydrogen) atoms. The van der Waals surface area contributed by atoms with Crippen LogP contribution in [0, 0.1) is 17.7 Å². The lowest BCUT2D eigenvalue weighted by molar-refractivity contribution is 0.0942. The van der Waals surface area contributed by atoms with Crippen molar-refractivity contribution in [2.24, 2.45) is 7.05 Å². The second kappa shape index (κ2) is 9.96. The van der Waals surface area contributed by atoms with Crippen LogP contribution in [0.1, 0.15) is 40.0 Å². The van der Waals surface area contributed by atoms with Gasteiger partial charge in [0.2, 0.25) is 0 Å². The van der Waals surface area contributed by atoms with E-state index in [2.05, 4.69) is 32.3 Å². The zero-order valence-corrected chi connectivity index (χ0v) is 21.6. The molecule has 4 heterocycles. The molecule has 0 aliphatic rings. The molecule has 4 aromatic heterocycles. The maximum atomic E-state index is 13.8. The van der Waals surface area contributed by atoms with Crippen molar-refractivity contribution in [3.05, 3.63) is 107 Å². The second-order valence-corrected chi connectivity index (χ2v) is 9.31. The number of nitrogens with two attached hydrogens (primary N) is 1. The van der Waals surface area contributed by atoms with Gasteiger partial charge < -0.3 is 11.1 Å². The summed E-state index contributed by atoms with van der Waals surface area (Å²) in [6.07, 6.45) is 6.79. The van der Waals surface area contributed by atoms with E-state index in [1.807, 2.05) is 44.4 Å². The highest BCUT2D eigenvalue weighted by Gasteiger charge is 2.23. The summed E-state index contributed by atoms with van der Waals surface area (Å²) in [6, 6.07) is 15.0. The minimum Gasteiger partial charge on any atom is -0.381 e. The number of amides is 1. The Hall–Kier alpha value is -5.56. The Labute approximate surface area is 228 Å². The predicted molar refractivity (Wildman–Crippen MR) is 150 cm³/mol. The van der Waals surface area contributed by atoms with Crippen LogP contribution in [0.2, 0.25) is 0 Å². The van der Waals surface area contributed by atoms with E-state index >= 15 is 0 Å². The van der Waals surface area contributed by atoms with E-state index in [9.17, 15) is 9.18 Å². The highest BCUT2D eigenvalue weighted by atomic mass is 19.1. The van der Waals surface area contributed by atoms with Gasteiger partial charge in [-0.3, -0.25) is 9.48 Å². The largest absolute Gasteiger partial charge is 0.381 e. The first kappa shape index (κ1) is 24.8. The van der Waals surface area contributed by atoms with E-state index in [0.717, 1.165) is 22.1 Å². The molecule has 9 nitrogen and oxygen atoms in total. The molecule has 0 saturated carbocycles. The number of hydrogen-bond donors (Lipinski definition) is 2. The van der Waals surface area contributed by atoms with Crippen LogP contribution in [0.25, 0.3) is 27.8 Å². The number of halogens is 1. The molecule has 3 N–H and O–H groups in total. The number of para-hydroxylation sites is 1. The number of aromatic nitrogens is 6. The molecule has 10 heteroatoms. The van der Waals surface area contributed by atoms with Crippen LogP contribution < -0.4 is 11.1 Å². The van der Waals surface area contributed by atoms with Gasteiger partial charge in [-0.25, -0.2) is 18.9 Å². The molecule has 0 spiro atoms. The van der Waals surface area contributed by atoms with Gasteiger partial charge in [-0.15, -0.1) is 5.10 Å². The number of anilines is 1.